The molecule has 10 heteroatoms. The maximum Gasteiger partial charge on any atom is 0.305 e. The Balaban J connectivity index is 2.33. The number of hydrogen-bond donors (Lipinski definition) is 2. The molecule has 0 aromatic heterocycles. The van der Waals surface area contributed by atoms with E-state index < -0.39 is 33.8 Å². The molecule has 124 valence electrons. The Morgan fingerprint density at radius 3 is 2.74 bits per heavy atom. The zero-order valence-corrected chi connectivity index (χ0v) is 13.3. The van der Waals surface area contributed by atoms with Gasteiger partial charge in [-0.2, -0.15) is 0 Å². The van der Waals surface area contributed by atoms with Crippen LogP contribution in [0.3, 0.4) is 0 Å². The number of nitrogens with zero attached hydrogens (tertiary/aromatic N) is 1. The van der Waals surface area contributed by atoms with Gasteiger partial charge in [-0.1, -0.05) is 0 Å². The van der Waals surface area contributed by atoms with Crippen molar-refractivity contribution in [2.75, 3.05) is 13.2 Å². The molecule has 23 heavy (non-hydrogen) atoms. The fourth-order valence-corrected chi connectivity index (χ4v) is 2.91. The predicted octanol–water partition coefficient (Wildman–Crippen LogP) is 1.86. The molecule has 1 atom stereocenters. The van der Waals surface area contributed by atoms with Crippen LogP contribution in [-0.4, -0.2) is 40.7 Å². The highest BCUT2D eigenvalue weighted by Gasteiger charge is 2.39. The average Bonchev–Trinajstić information content (AvgIpc) is 2.87. The maximum atomic E-state index is 13.5. The second-order valence-electron chi connectivity index (χ2n) is 5.15. The van der Waals surface area contributed by atoms with E-state index in [0.717, 1.165) is 6.07 Å². The molecule has 0 saturated carbocycles. The largest absolute Gasteiger partial charge is 0.481 e. The van der Waals surface area contributed by atoms with E-state index in [0.29, 0.717) is 6.07 Å². The van der Waals surface area contributed by atoms with Crippen LogP contribution in [0.15, 0.2) is 16.6 Å². The Morgan fingerprint density at radius 2 is 2.22 bits per heavy atom. The summed E-state index contributed by atoms with van der Waals surface area (Å²) in [6.45, 7) is 0.276. The smallest absolute Gasteiger partial charge is 0.305 e. The minimum Gasteiger partial charge on any atom is -0.481 e. The summed E-state index contributed by atoms with van der Waals surface area (Å²) in [7, 11) is 0. The van der Waals surface area contributed by atoms with Crippen LogP contribution in [-0.2, 0) is 9.53 Å². The topological polar surface area (TPSA) is 119 Å². The predicted molar refractivity (Wildman–Crippen MR) is 78.6 cm³/mol. The van der Waals surface area contributed by atoms with E-state index in [-0.39, 0.29) is 36.1 Å². The van der Waals surface area contributed by atoms with Gasteiger partial charge < -0.3 is 15.2 Å². The average molecular weight is 391 g/mol. The van der Waals surface area contributed by atoms with Gasteiger partial charge in [0, 0.05) is 6.61 Å². The highest BCUT2D eigenvalue weighted by Crippen LogP contribution is 2.31. The van der Waals surface area contributed by atoms with E-state index in [2.05, 4.69) is 21.2 Å². The van der Waals surface area contributed by atoms with Crippen LogP contribution in [0.2, 0.25) is 0 Å². The highest BCUT2D eigenvalue weighted by molar-refractivity contribution is 9.10. The molecule has 0 spiro atoms. The van der Waals surface area contributed by atoms with Crippen molar-refractivity contribution in [2.24, 2.45) is 0 Å². The van der Waals surface area contributed by atoms with E-state index in [1.165, 1.54) is 0 Å². The van der Waals surface area contributed by atoms with Crippen LogP contribution in [0.5, 0.6) is 0 Å². The van der Waals surface area contributed by atoms with Gasteiger partial charge in [0.05, 0.1) is 35.1 Å². The standard InChI is InChI=1S/C13H12BrFN2O6/c14-11-8(3-7(15)4-9(11)17(21)22)12(20)16-13(5-10(18)19)1-2-23-6-13/h3-4H,1-2,5-6H2,(H,16,20)(H,18,19). The molecule has 1 aliphatic rings. The monoisotopic (exact) mass is 390 g/mol. The first-order valence-corrected chi connectivity index (χ1v) is 7.29. The van der Waals surface area contributed by atoms with Crippen LogP contribution in [0.25, 0.3) is 0 Å². The molecule has 0 bridgehead atoms. The molecule has 0 radical (unpaired) electrons. The van der Waals surface area contributed by atoms with Gasteiger partial charge in [0.2, 0.25) is 0 Å². The number of carboxylic acids is 1. The molecule has 2 N–H and O–H groups in total. The van der Waals surface area contributed by atoms with Gasteiger partial charge in [0.1, 0.15) is 10.3 Å². The normalized spacial score (nSPS) is 20.3. The summed E-state index contributed by atoms with van der Waals surface area (Å²) in [5.74, 6) is -2.88. The lowest BCUT2D eigenvalue weighted by Gasteiger charge is -2.27. The first-order valence-electron chi connectivity index (χ1n) is 6.49. The zero-order valence-electron chi connectivity index (χ0n) is 11.7. The molecular weight excluding hydrogens is 379 g/mol. The maximum absolute atomic E-state index is 13.5. The molecular formula is C13H12BrFN2O6. The van der Waals surface area contributed by atoms with E-state index in [4.69, 9.17) is 9.84 Å². The number of nitrogens with one attached hydrogen (secondary N) is 1. The Morgan fingerprint density at radius 1 is 1.52 bits per heavy atom. The summed E-state index contributed by atoms with van der Waals surface area (Å²) in [5.41, 5.74) is -2.00. The third-order valence-electron chi connectivity index (χ3n) is 3.43. The lowest BCUT2D eigenvalue weighted by Crippen LogP contribution is -2.50. The number of rotatable bonds is 5. The number of nitro benzene ring substituents is 1. The number of carboxylic acid groups (broad SMARTS) is 1. The molecule has 0 aliphatic carbocycles. The minimum atomic E-state index is -1.12. The van der Waals surface area contributed by atoms with Gasteiger partial charge in [-0.25, -0.2) is 4.39 Å². The molecule has 2 rings (SSSR count). The van der Waals surface area contributed by atoms with E-state index in [9.17, 15) is 24.1 Å². The molecule has 1 amide bonds. The summed E-state index contributed by atoms with van der Waals surface area (Å²) in [6.07, 6.45) is -0.0894. The van der Waals surface area contributed by atoms with E-state index in [1.54, 1.807) is 0 Å². The van der Waals surface area contributed by atoms with Crippen molar-refractivity contribution in [1.29, 1.82) is 0 Å². The molecule has 1 aliphatic heterocycles. The van der Waals surface area contributed by atoms with Crippen molar-refractivity contribution in [1.82, 2.24) is 5.32 Å². The SMILES string of the molecule is O=C(O)CC1(NC(=O)c2cc(F)cc([N+](=O)[O-])c2Br)CCOC1. The van der Waals surface area contributed by atoms with Crippen molar-refractivity contribution < 1.29 is 28.7 Å². The molecule has 8 nitrogen and oxygen atoms in total. The van der Waals surface area contributed by atoms with Gasteiger partial charge in [-0.05, 0) is 28.4 Å². The molecule has 1 heterocycles. The van der Waals surface area contributed by atoms with Gasteiger partial charge in [-0.3, -0.25) is 19.7 Å². The second kappa shape index (κ2) is 6.59. The number of ether oxygens (including phenoxy) is 1. The van der Waals surface area contributed by atoms with Crippen LogP contribution in [0, 0.1) is 15.9 Å². The van der Waals surface area contributed by atoms with Crippen LogP contribution >= 0.6 is 15.9 Å². The fraction of sp³-hybridized carbons (Fsp3) is 0.385. The summed E-state index contributed by atoms with van der Waals surface area (Å²) < 4.78 is 18.5. The molecule has 1 fully saturated rings. The van der Waals surface area contributed by atoms with Crippen molar-refractivity contribution in [3.05, 3.63) is 38.1 Å². The van der Waals surface area contributed by atoms with Crippen molar-refractivity contribution in [3.8, 4) is 0 Å². The summed E-state index contributed by atoms with van der Waals surface area (Å²) in [4.78, 5) is 33.4. The van der Waals surface area contributed by atoms with Crippen molar-refractivity contribution >= 4 is 33.5 Å². The number of amides is 1. The molecule has 1 unspecified atom stereocenters. The third kappa shape index (κ3) is 3.82. The Bertz CT molecular complexity index is 675. The zero-order chi connectivity index (χ0) is 17.2. The van der Waals surface area contributed by atoms with Crippen LogP contribution in [0.4, 0.5) is 10.1 Å². The lowest BCUT2D eigenvalue weighted by atomic mass is 9.93. The minimum absolute atomic E-state index is 0.0000675. The quantitative estimate of drug-likeness (QED) is 0.584. The number of carbonyl (C=O) groups is 2. The van der Waals surface area contributed by atoms with E-state index in [1.807, 2.05) is 0 Å². The van der Waals surface area contributed by atoms with Crippen molar-refractivity contribution in [2.45, 2.75) is 18.4 Å². The summed E-state index contributed by atoms with van der Waals surface area (Å²) in [5, 5.41) is 22.4. The van der Waals surface area contributed by atoms with Gasteiger partial charge in [0.25, 0.3) is 11.6 Å². The number of aliphatic carboxylic acids is 1. The second-order valence-corrected chi connectivity index (χ2v) is 5.94. The summed E-state index contributed by atoms with van der Waals surface area (Å²) >= 11 is 2.92. The summed E-state index contributed by atoms with van der Waals surface area (Å²) in [6, 6.07) is 1.53. The first-order chi connectivity index (χ1) is 10.7. The van der Waals surface area contributed by atoms with E-state index >= 15 is 0 Å². The molecule has 1 saturated heterocycles. The molecule has 1 aromatic rings. The lowest BCUT2D eigenvalue weighted by molar-refractivity contribution is -0.385. The molecule has 1 aromatic carbocycles. The Kier molecular flexibility index (Phi) is 4.95. The number of halogens is 2. The number of benzene rings is 1. The Hall–Kier alpha value is -2.07. The highest BCUT2D eigenvalue weighted by atomic mass is 79.9. The Labute approximate surface area is 137 Å². The fourth-order valence-electron chi connectivity index (χ4n) is 2.36. The number of hydrogen-bond acceptors (Lipinski definition) is 5. The van der Waals surface area contributed by atoms with Gasteiger partial charge in [-0.15, -0.1) is 0 Å². The van der Waals surface area contributed by atoms with Crippen molar-refractivity contribution in [3.63, 3.8) is 0 Å². The van der Waals surface area contributed by atoms with Crippen LogP contribution in [0.1, 0.15) is 23.2 Å². The third-order valence-corrected chi connectivity index (χ3v) is 4.26. The van der Waals surface area contributed by atoms with Crippen LogP contribution < -0.4 is 5.32 Å². The van der Waals surface area contributed by atoms with Gasteiger partial charge >= 0.3 is 5.97 Å². The number of nitro groups is 1. The van der Waals surface area contributed by atoms with Gasteiger partial charge in [0.15, 0.2) is 0 Å². The number of carbonyl (C=O) groups excluding carboxylic acids is 1. The first kappa shape index (κ1) is 17.3.